The van der Waals surface area contributed by atoms with Gasteiger partial charge in [0.05, 0.1) is 0 Å². The highest BCUT2D eigenvalue weighted by atomic mass is 79.9. The first kappa shape index (κ1) is 12.5. The van der Waals surface area contributed by atoms with Gasteiger partial charge in [-0.25, -0.2) is 4.98 Å². The number of likely N-dealkylation sites (tertiary alicyclic amines) is 1. The van der Waals surface area contributed by atoms with E-state index in [1.54, 1.807) is 12.3 Å². The lowest BCUT2D eigenvalue weighted by Gasteiger charge is -2.24. The molecule has 2 heterocycles. The second-order valence-electron chi connectivity index (χ2n) is 4.21. The van der Waals surface area contributed by atoms with E-state index in [1.165, 1.54) is 0 Å². The summed E-state index contributed by atoms with van der Waals surface area (Å²) in [4.78, 5) is 18.3. The van der Waals surface area contributed by atoms with Crippen molar-refractivity contribution in [3.63, 3.8) is 0 Å². The lowest BCUT2D eigenvalue weighted by molar-refractivity contribution is 0.0731. The molecule has 92 valence electrons. The second-order valence-corrected chi connectivity index (χ2v) is 5.13. The van der Waals surface area contributed by atoms with Gasteiger partial charge in [-0.3, -0.25) is 4.79 Å². The highest BCUT2D eigenvalue weighted by Crippen LogP contribution is 2.19. The summed E-state index contributed by atoms with van der Waals surface area (Å²) in [7, 11) is 1.92. The van der Waals surface area contributed by atoms with Crippen molar-refractivity contribution in [2.45, 2.75) is 18.9 Å². The standard InChI is InChI=1S/C12H16BrN3O/c1-14-8-10-3-2-6-16(10)12(17)11-5-4-9(13)7-15-11/h4-5,7,10,14H,2-3,6,8H2,1H3. The van der Waals surface area contributed by atoms with E-state index in [2.05, 4.69) is 26.2 Å². The number of nitrogens with one attached hydrogen (secondary N) is 1. The van der Waals surface area contributed by atoms with Gasteiger partial charge in [0.2, 0.25) is 0 Å². The first-order valence-electron chi connectivity index (χ1n) is 5.79. The number of hydrogen-bond acceptors (Lipinski definition) is 3. The van der Waals surface area contributed by atoms with Crippen molar-refractivity contribution < 1.29 is 4.79 Å². The van der Waals surface area contributed by atoms with Crippen molar-refractivity contribution in [3.05, 3.63) is 28.5 Å². The zero-order chi connectivity index (χ0) is 12.3. The molecule has 1 aliphatic rings. The number of carbonyl (C=O) groups is 1. The minimum Gasteiger partial charge on any atom is -0.333 e. The number of aromatic nitrogens is 1. The van der Waals surface area contributed by atoms with E-state index in [0.29, 0.717) is 11.7 Å². The third kappa shape index (κ3) is 2.84. The van der Waals surface area contributed by atoms with E-state index in [1.807, 2.05) is 18.0 Å². The van der Waals surface area contributed by atoms with Crippen LogP contribution < -0.4 is 5.32 Å². The van der Waals surface area contributed by atoms with Crippen molar-refractivity contribution >= 4 is 21.8 Å². The van der Waals surface area contributed by atoms with Crippen LogP contribution in [0.3, 0.4) is 0 Å². The highest BCUT2D eigenvalue weighted by molar-refractivity contribution is 9.10. The summed E-state index contributed by atoms with van der Waals surface area (Å²) >= 11 is 3.32. The molecule has 0 radical (unpaired) electrons. The number of amides is 1. The van der Waals surface area contributed by atoms with E-state index in [9.17, 15) is 4.79 Å². The summed E-state index contributed by atoms with van der Waals surface area (Å²) in [5.41, 5.74) is 0.524. The van der Waals surface area contributed by atoms with E-state index in [0.717, 1.165) is 30.4 Å². The molecule has 1 fully saturated rings. The van der Waals surface area contributed by atoms with Crippen LogP contribution in [0.1, 0.15) is 23.3 Å². The summed E-state index contributed by atoms with van der Waals surface area (Å²) in [5, 5.41) is 3.13. The van der Waals surface area contributed by atoms with E-state index < -0.39 is 0 Å². The SMILES string of the molecule is CNCC1CCCN1C(=O)c1ccc(Br)cn1. The number of likely N-dealkylation sites (N-methyl/N-ethyl adjacent to an activating group) is 1. The maximum atomic E-state index is 12.3. The molecule has 1 N–H and O–H groups in total. The quantitative estimate of drug-likeness (QED) is 0.923. The molecule has 0 aliphatic carbocycles. The molecule has 17 heavy (non-hydrogen) atoms. The fourth-order valence-electron chi connectivity index (χ4n) is 2.20. The van der Waals surface area contributed by atoms with Gasteiger partial charge in [0.25, 0.3) is 5.91 Å². The Kier molecular flexibility index (Phi) is 4.12. The third-order valence-electron chi connectivity index (χ3n) is 3.02. The molecule has 1 unspecified atom stereocenters. The maximum absolute atomic E-state index is 12.3. The van der Waals surface area contributed by atoms with Crippen LogP contribution in [0.15, 0.2) is 22.8 Å². The molecule has 1 aliphatic heterocycles. The fraction of sp³-hybridized carbons (Fsp3) is 0.500. The summed E-state index contributed by atoms with van der Waals surface area (Å²) < 4.78 is 0.891. The predicted octanol–water partition coefficient (Wildman–Crippen LogP) is 1.67. The van der Waals surface area contributed by atoms with Crippen molar-refractivity contribution in [2.75, 3.05) is 20.1 Å². The number of hydrogen-bond donors (Lipinski definition) is 1. The highest BCUT2D eigenvalue weighted by Gasteiger charge is 2.29. The van der Waals surface area contributed by atoms with Gasteiger partial charge in [0.15, 0.2) is 0 Å². The zero-order valence-electron chi connectivity index (χ0n) is 9.82. The molecule has 1 saturated heterocycles. The average Bonchev–Trinajstić information content (AvgIpc) is 2.78. The Morgan fingerprint density at radius 3 is 3.12 bits per heavy atom. The smallest absolute Gasteiger partial charge is 0.272 e. The molecule has 5 heteroatoms. The monoisotopic (exact) mass is 297 g/mol. The minimum absolute atomic E-state index is 0.0373. The molecule has 4 nitrogen and oxygen atoms in total. The Morgan fingerprint density at radius 1 is 1.65 bits per heavy atom. The Balaban J connectivity index is 2.11. The van der Waals surface area contributed by atoms with Crippen LogP contribution in [-0.4, -0.2) is 42.0 Å². The molecule has 1 atom stereocenters. The lowest BCUT2D eigenvalue weighted by atomic mass is 10.2. The van der Waals surface area contributed by atoms with Gasteiger partial charge in [-0.05, 0) is 48.0 Å². The first-order valence-corrected chi connectivity index (χ1v) is 6.59. The van der Waals surface area contributed by atoms with Gasteiger partial charge < -0.3 is 10.2 Å². The van der Waals surface area contributed by atoms with Crippen LogP contribution in [-0.2, 0) is 0 Å². The van der Waals surface area contributed by atoms with Crippen LogP contribution in [0.25, 0.3) is 0 Å². The molecule has 1 amide bonds. The molecule has 0 aromatic carbocycles. The van der Waals surface area contributed by atoms with Gasteiger partial charge in [-0.1, -0.05) is 0 Å². The van der Waals surface area contributed by atoms with Gasteiger partial charge in [0.1, 0.15) is 5.69 Å². The van der Waals surface area contributed by atoms with E-state index in [-0.39, 0.29) is 5.91 Å². The largest absolute Gasteiger partial charge is 0.333 e. The molecule has 1 aromatic heterocycles. The van der Waals surface area contributed by atoms with Gasteiger partial charge in [0, 0.05) is 29.8 Å². The van der Waals surface area contributed by atoms with Crippen LogP contribution in [0.4, 0.5) is 0 Å². The van der Waals surface area contributed by atoms with Gasteiger partial charge in [-0.15, -0.1) is 0 Å². The molecular weight excluding hydrogens is 282 g/mol. The number of nitrogens with zero attached hydrogens (tertiary/aromatic N) is 2. The van der Waals surface area contributed by atoms with Crippen molar-refractivity contribution in [1.82, 2.24) is 15.2 Å². The molecule has 0 spiro atoms. The molecule has 2 rings (SSSR count). The molecule has 0 bridgehead atoms. The Hall–Kier alpha value is -0.940. The molecular formula is C12H16BrN3O. The summed E-state index contributed by atoms with van der Waals surface area (Å²) in [6, 6.07) is 3.92. The minimum atomic E-state index is 0.0373. The zero-order valence-corrected chi connectivity index (χ0v) is 11.4. The van der Waals surface area contributed by atoms with Crippen LogP contribution >= 0.6 is 15.9 Å². The average molecular weight is 298 g/mol. The van der Waals surface area contributed by atoms with Crippen LogP contribution in [0, 0.1) is 0 Å². The van der Waals surface area contributed by atoms with Gasteiger partial charge in [-0.2, -0.15) is 0 Å². The number of halogens is 1. The molecule has 1 aromatic rings. The normalized spacial score (nSPS) is 19.6. The van der Waals surface area contributed by atoms with Crippen molar-refractivity contribution in [3.8, 4) is 0 Å². The van der Waals surface area contributed by atoms with Gasteiger partial charge >= 0.3 is 0 Å². The molecule has 0 saturated carbocycles. The van der Waals surface area contributed by atoms with Crippen LogP contribution in [0.5, 0.6) is 0 Å². The van der Waals surface area contributed by atoms with E-state index >= 15 is 0 Å². The maximum Gasteiger partial charge on any atom is 0.272 e. The Bertz CT molecular complexity index is 393. The van der Waals surface area contributed by atoms with Crippen molar-refractivity contribution in [2.24, 2.45) is 0 Å². The Labute approximate surface area is 110 Å². The third-order valence-corrected chi connectivity index (χ3v) is 3.49. The first-order chi connectivity index (χ1) is 8.22. The van der Waals surface area contributed by atoms with E-state index in [4.69, 9.17) is 0 Å². The number of carbonyl (C=O) groups excluding carboxylic acids is 1. The number of pyridine rings is 1. The second kappa shape index (κ2) is 5.60. The van der Waals surface area contributed by atoms with Crippen LogP contribution in [0.2, 0.25) is 0 Å². The Morgan fingerprint density at radius 2 is 2.47 bits per heavy atom. The summed E-state index contributed by atoms with van der Waals surface area (Å²) in [6.45, 7) is 1.69. The number of rotatable bonds is 3. The summed E-state index contributed by atoms with van der Waals surface area (Å²) in [5.74, 6) is 0.0373. The predicted molar refractivity (Wildman–Crippen MR) is 69.9 cm³/mol. The summed E-state index contributed by atoms with van der Waals surface area (Å²) in [6.07, 6.45) is 3.81. The lowest BCUT2D eigenvalue weighted by Crippen LogP contribution is -2.41. The van der Waals surface area contributed by atoms with Crippen molar-refractivity contribution in [1.29, 1.82) is 0 Å². The topological polar surface area (TPSA) is 45.2 Å². The fourth-order valence-corrected chi connectivity index (χ4v) is 2.43.